The monoisotopic (exact) mass is 241 g/mol. The van der Waals surface area contributed by atoms with Gasteiger partial charge in [0.1, 0.15) is 17.6 Å². The van der Waals surface area contributed by atoms with Crippen LogP contribution in [0.25, 0.3) is 0 Å². The van der Waals surface area contributed by atoms with Crippen molar-refractivity contribution >= 4 is 0 Å². The van der Waals surface area contributed by atoms with E-state index in [9.17, 15) is 0 Å². The van der Waals surface area contributed by atoms with Gasteiger partial charge in [-0.3, -0.25) is 0 Å². The molecule has 0 spiro atoms. The Morgan fingerprint density at radius 3 is 2.59 bits per heavy atom. The fourth-order valence-corrected chi connectivity index (χ4v) is 1.46. The maximum atomic E-state index is 5.65. The fourth-order valence-electron chi connectivity index (χ4n) is 1.46. The van der Waals surface area contributed by atoms with Crippen molar-refractivity contribution in [2.24, 2.45) is 11.7 Å². The van der Waals surface area contributed by atoms with Crippen molar-refractivity contribution in [1.29, 1.82) is 0 Å². The second kappa shape index (κ2) is 7.48. The Hall–Kier alpha value is -0.840. The predicted molar refractivity (Wildman–Crippen MR) is 66.8 cm³/mol. The summed E-state index contributed by atoms with van der Waals surface area (Å²) in [5.74, 6) is 2.21. The van der Waals surface area contributed by atoms with E-state index in [1.165, 1.54) is 0 Å². The van der Waals surface area contributed by atoms with Gasteiger partial charge >= 0.3 is 0 Å². The standard InChI is InChI=1S/C13H23NO3/c1-10(2)9-15-6-7-16-13(8-14)12-5-4-11(3)17-12/h4-5,10,13H,6-9,14H2,1-3H3. The third-order valence-electron chi connectivity index (χ3n) is 2.29. The van der Waals surface area contributed by atoms with Crippen LogP contribution in [0.4, 0.5) is 0 Å². The first-order valence-corrected chi connectivity index (χ1v) is 6.09. The minimum atomic E-state index is -0.175. The lowest BCUT2D eigenvalue weighted by Crippen LogP contribution is -2.18. The molecule has 0 fully saturated rings. The second-order valence-corrected chi connectivity index (χ2v) is 4.51. The third-order valence-corrected chi connectivity index (χ3v) is 2.29. The normalized spacial score (nSPS) is 13.2. The van der Waals surface area contributed by atoms with Crippen LogP contribution in [0.15, 0.2) is 16.5 Å². The molecule has 1 unspecified atom stereocenters. The molecular formula is C13H23NO3. The summed E-state index contributed by atoms with van der Waals surface area (Å²) in [6, 6.07) is 3.82. The van der Waals surface area contributed by atoms with Crippen LogP contribution >= 0.6 is 0 Å². The number of rotatable bonds is 8. The van der Waals surface area contributed by atoms with Gasteiger partial charge < -0.3 is 19.6 Å². The average Bonchev–Trinajstić information content (AvgIpc) is 2.70. The average molecular weight is 241 g/mol. The Kier molecular flexibility index (Phi) is 6.26. The highest BCUT2D eigenvalue weighted by Crippen LogP contribution is 2.18. The van der Waals surface area contributed by atoms with Gasteiger partial charge in [0.05, 0.1) is 13.2 Å². The lowest BCUT2D eigenvalue weighted by Gasteiger charge is -2.14. The Morgan fingerprint density at radius 1 is 1.29 bits per heavy atom. The first-order valence-electron chi connectivity index (χ1n) is 6.09. The van der Waals surface area contributed by atoms with Crippen LogP contribution in [0.1, 0.15) is 31.5 Å². The molecule has 1 aromatic rings. The summed E-state index contributed by atoms with van der Waals surface area (Å²) in [5, 5.41) is 0. The highest BCUT2D eigenvalue weighted by molar-refractivity contribution is 5.08. The zero-order valence-corrected chi connectivity index (χ0v) is 10.9. The van der Waals surface area contributed by atoms with E-state index < -0.39 is 0 Å². The topological polar surface area (TPSA) is 57.6 Å². The van der Waals surface area contributed by atoms with Crippen molar-refractivity contribution in [3.8, 4) is 0 Å². The fraction of sp³-hybridized carbons (Fsp3) is 0.692. The van der Waals surface area contributed by atoms with E-state index in [4.69, 9.17) is 19.6 Å². The van der Waals surface area contributed by atoms with Crippen molar-refractivity contribution in [2.45, 2.75) is 26.9 Å². The number of ether oxygens (including phenoxy) is 2. The largest absolute Gasteiger partial charge is 0.464 e. The molecule has 1 atom stereocenters. The molecule has 0 aliphatic heterocycles. The molecule has 2 N–H and O–H groups in total. The maximum Gasteiger partial charge on any atom is 0.134 e. The van der Waals surface area contributed by atoms with Crippen molar-refractivity contribution in [3.63, 3.8) is 0 Å². The number of aryl methyl sites for hydroxylation is 1. The van der Waals surface area contributed by atoms with E-state index in [2.05, 4.69) is 13.8 Å². The van der Waals surface area contributed by atoms with Gasteiger partial charge in [0.15, 0.2) is 0 Å². The van der Waals surface area contributed by atoms with Crippen LogP contribution in [0.5, 0.6) is 0 Å². The van der Waals surface area contributed by atoms with E-state index in [0.717, 1.165) is 18.1 Å². The van der Waals surface area contributed by atoms with Gasteiger partial charge in [0, 0.05) is 13.2 Å². The second-order valence-electron chi connectivity index (χ2n) is 4.51. The van der Waals surface area contributed by atoms with Crippen molar-refractivity contribution < 1.29 is 13.9 Å². The van der Waals surface area contributed by atoms with Gasteiger partial charge in [0.2, 0.25) is 0 Å². The number of hydrogen-bond acceptors (Lipinski definition) is 4. The highest BCUT2D eigenvalue weighted by atomic mass is 16.5. The molecule has 98 valence electrons. The summed E-state index contributed by atoms with van der Waals surface area (Å²) in [5.41, 5.74) is 5.65. The number of furan rings is 1. The van der Waals surface area contributed by atoms with E-state index in [1.54, 1.807) is 0 Å². The summed E-state index contributed by atoms with van der Waals surface area (Å²) in [7, 11) is 0. The Bertz CT molecular complexity index is 309. The molecule has 0 aliphatic rings. The van der Waals surface area contributed by atoms with Crippen molar-refractivity contribution in [3.05, 3.63) is 23.7 Å². The predicted octanol–water partition coefficient (Wildman–Crippen LogP) is 2.28. The molecule has 1 rings (SSSR count). The number of hydrogen-bond donors (Lipinski definition) is 1. The Labute approximate surface area is 103 Å². The molecule has 4 heteroatoms. The van der Waals surface area contributed by atoms with Crippen LogP contribution in [0.2, 0.25) is 0 Å². The van der Waals surface area contributed by atoms with Crippen LogP contribution in [0.3, 0.4) is 0 Å². The molecule has 0 aromatic carbocycles. The SMILES string of the molecule is Cc1ccc(C(CN)OCCOCC(C)C)o1. The minimum Gasteiger partial charge on any atom is -0.464 e. The molecule has 0 amide bonds. The molecule has 1 aromatic heterocycles. The van der Waals surface area contributed by atoms with E-state index in [1.807, 2.05) is 19.1 Å². The summed E-state index contributed by atoms with van der Waals surface area (Å²) in [6.07, 6.45) is -0.175. The van der Waals surface area contributed by atoms with Gasteiger partial charge in [-0.05, 0) is 25.0 Å². The summed E-state index contributed by atoms with van der Waals surface area (Å²) in [4.78, 5) is 0. The van der Waals surface area contributed by atoms with Gasteiger partial charge in [-0.2, -0.15) is 0 Å². The van der Waals surface area contributed by atoms with E-state index in [0.29, 0.717) is 25.7 Å². The smallest absolute Gasteiger partial charge is 0.134 e. The summed E-state index contributed by atoms with van der Waals surface area (Å²) >= 11 is 0. The highest BCUT2D eigenvalue weighted by Gasteiger charge is 2.13. The van der Waals surface area contributed by atoms with Crippen LogP contribution in [0, 0.1) is 12.8 Å². The van der Waals surface area contributed by atoms with Gasteiger partial charge in [-0.15, -0.1) is 0 Å². The van der Waals surface area contributed by atoms with E-state index in [-0.39, 0.29) is 6.10 Å². The zero-order valence-electron chi connectivity index (χ0n) is 10.9. The minimum absolute atomic E-state index is 0.175. The van der Waals surface area contributed by atoms with Crippen molar-refractivity contribution in [1.82, 2.24) is 0 Å². The Balaban J connectivity index is 2.24. The van der Waals surface area contributed by atoms with Crippen LogP contribution in [-0.4, -0.2) is 26.4 Å². The molecule has 0 saturated carbocycles. The van der Waals surface area contributed by atoms with E-state index >= 15 is 0 Å². The van der Waals surface area contributed by atoms with Crippen LogP contribution < -0.4 is 5.73 Å². The summed E-state index contributed by atoms with van der Waals surface area (Å²) in [6.45, 7) is 8.45. The lowest BCUT2D eigenvalue weighted by molar-refractivity contribution is -0.00620. The molecule has 0 radical (unpaired) electrons. The lowest BCUT2D eigenvalue weighted by atomic mass is 10.2. The third kappa shape index (κ3) is 5.35. The first kappa shape index (κ1) is 14.2. The molecule has 17 heavy (non-hydrogen) atoms. The maximum absolute atomic E-state index is 5.65. The van der Waals surface area contributed by atoms with Gasteiger partial charge in [-0.25, -0.2) is 0 Å². The first-order chi connectivity index (χ1) is 8.13. The van der Waals surface area contributed by atoms with Crippen LogP contribution in [-0.2, 0) is 9.47 Å². The quantitative estimate of drug-likeness (QED) is 0.709. The van der Waals surface area contributed by atoms with Gasteiger partial charge in [-0.1, -0.05) is 13.8 Å². The molecule has 0 aliphatic carbocycles. The zero-order chi connectivity index (χ0) is 12.7. The molecular weight excluding hydrogens is 218 g/mol. The molecule has 0 saturated heterocycles. The molecule has 0 bridgehead atoms. The van der Waals surface area contributed by atoms with Crippen molar-refractivity contribution in [2.75, 3.05) is 26.4 Å². The molecule has 1 heterocycles. The number of nitrogens with two attached hydrogens (primary N) is 1. The molecule has 4 nitrogen and oxygen atoms in total. The Morgan fingerprint density at radius 2 is 2.06 bits per heavy atom. The summed E-state index contributed by atoms with van der Waals surface area (Å²) < 4.78 is 16.5. The van der Waals surface area contributed by atoms with Gasteiger partial charge in [0.25, 0.3) is 0 Å².